The van der Waals surface area contributed by atoms with Gasteiger partial charge in [-0.05, 0) is 61.0 Å². The predicted molar refractivity (Wildman–Crippen MR) is 134 cm³/mol. The number of rotatable bonds is 6. The van der Waals surface area contributed by atoms with Crippen LogP contribution in [0, 0.1) is 5.41 Å². The van der Waals surface area contributed by atoms with Crippen molar-refractivity contribution in [2.75, 3.05) is 27.2 Å². The first-order valence-corrected chi connectivity index (χ1v) is 12.6. The summed E-state index contributed by atoms with van der Waals surface area (Å²) in [4.78, 5) is 32.4. The Hall–Kier alpha value is -2.92. The van der Waals surface area contributed by atoms with Crippen molar-refractivity contribution in [2.45, 2.75) is 50.6 Å². The molecule has 0 aromatic heterocycles. The standard InChI is InChI=1S/C29H34N2O3/c1-30(23-17-9-10-18-24(23)31-19-11-12-20-31)27(32)29(28(33)34-2)25(21-13-5-3-6-14-21)26(29)22-15-7-4-8-16-22/h3-8,13-16,23-24H,9-12,17-20H2,1-2H3/t23-,24-/m0/s1. The fraction of sp³-hybridized carbons (Fsp3) is 0.448. The molecular weight excluding hydrogens is 424 g/mol. The summed E-state index contributed by atoms with van der Waals surface area (Å²) in [6.07, 6.45) is 6.85. The Morgan fingerprint density at radius 1 is 0.853 bits per heavy atom. The third kappa shape index (κ3) is 3.67. The number of carbonyl (C=O) groups is 2. The van der Waals surface area contributed by atoms with Gasteiger partial charge in [0.25, 0.3) is 0 Å². The molecule has 2 aromatic rings. The van der Waals surface area contributed by atoms with Crippen molar-refractivity contribution >= 4 is 23.0 Å². The van der Waals surface area contributed by atoms with Crippen LogP contribution in [-0.2, 0) is 14.3 Å². The average molecular weight is 459 g/mol. The molecule has 0 spiro atoms. The maximum absolute atomic E-state index is 14.4. The van der Waals surface area contributed by atoms with Crippen molar-refractivity contribution < 1.29 is 14.3 Å². The van der Waals surface area contributed by atoms with Gasteiger partial charge < -0.3 is 9.64 Å². The van der Waals surface area contributed by atoms with E-state index in [0.717, 1.165) is 54.6 Å². The molecule has 5 nitrogen and oxygen atoms in total. The minimum Gasteiger partial charge on any atom is -0.468 e. The van der Waals surface area contributed by atoms with Gasteiger partial charge in [0.05, 0.1) is 7.11 Å². The molecule has 1 aliphatic heterocycles. The van der Waals surface area contributed by atoms with Crippen molar-refractivity contribution in [1.82, 2.24) is 9.80 Å². The summed E-state index contributed by atoms with van der Waals surface area (Å²) in [5.41, 5.74) is 1.95. The highest BCUT2D eigenvalue weighted by molar-refractivity contribution is 6.39. The van der Waals surface area contributed by atoms with Crippen LogP contribution in [0.15, 0.2) is 60.7 Å². The molecule has 1 saturated heterocycles. The van der Waals surface area contributed by atoms with Gasteiger partial charge in [-0.25, -0.2) is 0 Å². The normalized spacial score (nSPS) is 24.1. The number of likely N-dealkylation sites (tertiary alicyclic amines) is 1. The SMILES string of the molecule is COC(=O)C1(C(=O)N(C)[C@H]2CCCC[C@@H]2N2CCCC2)C(c2ccccc2)=C1c1ccccc1. The van der Waals surface area contributed by atoms with Gasteiger partial charge >= 0.3 is 5.97 Å². The second-order valence-corrected chi connectivity index (χ2v) is 9.80. The highest BCUT2D eigenvalue weighted by atomic mass is 16.5. The van der Waals surface area contributed by atoms with E-state index in [-0.39, 0.29) is 11.9 Å². The number of hydrogen-bond donors (Lipinski definition) is 0. The van der Waals surface area contributed by atoms with Crippen molar-refractivity contribution in [2.24, 2.45) is 5.41 Å². The Morgan fingerprint density at radius 2 is 1.38 bits per heavy atom. The average Bonchev–Trinajstić information content (AvgIpc) is 3.30. The number of nitrogens with zero attached hydrogens (tertiary/aromatic N) is 2. The molecule has 34 heavy (non-hydrogen) atoms. The first kappa shape index (κ1) is 22.9. The molecule has 0 radical (unpaired) electrons. The van der Waals surface area contributed by atoms with Gasteiger partial charge in [0.1, 0.15) is 0 Å². The van der Waals surface area contributed by atoms with Crippen molar-refractivity contribution in [3.63, 3.8) is 0 Å². The Bertz CT molecular complexity index is 1020. The second-order valence-electron chi connectivity index (χ2n) is 9.80. The summed E-state index contributed by atoms with van der Waals surface area (Å²) in [5.74, 6) is -0.649. The van der Waals surface area contributed by atoms with E-state index < -0.39 is 11.4 Å². The fourth-order valence-electron chi connectivity index (χ4n) is 6.33. The summed E-state index contributed by atoms with van der Waals surface area (Å²) in [6, 6.07) is 20.1. The maximum atomic E-state index is 14.4. The quantitative estimate of drug-likeness (QED) is 0.468. The van der Waals surface area contributed by atoms with Gasteiger partial charge in [-0.2, -0.15) is 0 Å². The molecule has 0 N–H and O–H groups in total. The number of amides is 1. The van der Waals surface area contributed by atoms with Crippen LogP contribution in [0.2, 0.25) is 0 Å². The number of methoxy groups -OCH3 is 1. The highest BCUT2D eigenvalue weighted by Crippen LogP contribution is 2.65. The van der Waals surface area contributed by atoms with Gasteiger partial charge in [0, 0.05) is 19.1 Å². The zero-order valence-corrected chi connectivity index (χ0v) is 20.2. The van der Waals surface area contributed by atoms with Crippen molar-refractivity contribution in [1.29, 1.82) is 0 Å². The Labute approximate surface area is 202 Å². The fourth-order valence-corrected chi connectivity index (χ4v) is 6.33. The smallest absolute Gasteiger partial charge is 0.330 e. The number of benzene rings is 2. The number of likely N-dealkylation sites (N-methyl/N-ethyl adjacent to an activating group) is 1. The summed E-state index contributed by atoms with van der Waals surface area (Å²) in [7, 11) is 3.28. The number of esters is 1. The predicted octanol–water partition coefficient (Wildman–Crippen LogP) is 4.64. The lowest BCUT2D eigenvalue weighted by atomic mass is 9.85. The minimum absolute atomic E-state index is 0.107. The highest BCUT2D eigenvalue weighted by Gasteiger charge is 2.68. The van der Waals surface area contributed by atoms with Crippen LogP contribution in [-0.4, -0.2) is 61.0 Å². The van der Waals surface area contributed by atoms with E-state index in [4.69, 9.17) is 4.74 Å². The molecule has 3 aliphatic rings. The van der Waals surface area contributed by atoms with Gasteiger partial charge in [-0.15, -0.1) is 0 Å². The maximum Gasteiger partial charge on any atom is 0.330 e. The topological polar surface area (TPSA) is 49.9 Å². The van der Waals surface area contributed by atoms with Crippen LogP contribution in [0.5, 0.6) is 0 Å². The molecule has 2 fully saturated rings. The third-order valence-electron chi connectivity index (χ3n) is 8.00. The van der Waals surface area contributed by atoms with Crippen LogP contribution >= 0.6 is 0 Å². The second kappa shape index (κ2) is 9.38. The first-order valence-electron chi connectivity index (χ1n) is 12.6. The van der Waals surface area contributed by atoms with Gasteiger partial charge in [-0.3, -0.25) is 14.5 Å². The van der Waals surface area contributed by atoms with Gasteiger partial charge in [0.15, 0.2) is 5.41 Å². The Morgan fingerprint density at radius 3 is 1.91 bits per heavy atom. The summed E-state index contributed by atoms with van der Waals surface area (Å²) in [6.45, 7) is 2.21. The lowest BCUT2D eigenvalue weighted by molar-refractivity contribution is -0.154. The van der Waals surface area contributed by atoms with E-state index in [0.29, 0.717) is 6.04 Å². The molecule has 178 valence electrons. The molecule has 1 saturated carbocycles. The third-order valence-corrected chi connectivity index (χ3v) is 8.00. The van der Waals surface area contributed by atoms with E-state index in [1.54, 1.807) is 0 Å². The van der Waals surface area contributed by atoms with E-state index in [2.05, 4.69) is 4.90 Å². The minimum atomic E-state index is -1.39. The van der Waals surface area contributed by atoms with E-state index in [1.165, 1.54) is 26.4 Å². The Balaban J connectivity index is 1.55. The lowest BCUT2D eigenvalue weighted by Gasteiger charge is -2.43. The molecule has 2 aromatic carbocycles. The van der Waals surface area contributed by atoms with Crippen LogP contribution in [0.3, 0.4) is 0 Å². The van der Waals surface area contributed by atoms with Gasteiger partial charge in [0.2, 0.25) is 5.91 Å². The van der Waals surface area contributed by atoms with Crippen LogP contribution in [0.4, 0.5) is 0 Å². The van der Waals surface area contributed by atoms with E-state index >= 15 is 0 Å². The molecule has 0 unspecified atom stereocenters. The van der Waals surface area contributed by atoms with Crippen molar-refractivity contribution in [3.8, 4) is 0 Å². The summed E-state index contributed by atoms with van der Waals surface area (Å²) in [5, 5.41) is 0. The molecule has 5 heteroatoms. The molecular formula is C29H34N2O3. The number of carbonyl (C=O) groups excluding carboxylic acids is 2. The summed E-state index contributed by atoms with van der Waals surface area (Å²) < 4.78 is 5.33. The number of hydrogen-bond acceptors (Lipinski definition) is 4. The zero-order valence-electron chi connectivity index (χ0n) is 20.2. The van der Waals surface area contributed by atoms with Crippen LogP contribution < -0.4 is 0 Å². The van der Waals surface area contributed by atoms with Gasteiger partial charge in [-0.1, -0.05) is 73.5 Å². The lowest BCUT2D eigenvalue weighted by Crippen LogP contribution is -2.56. The molecule has 2 aliphatic carbocycles. The molecule has 5 rings (SSSR count). The first-order chi connectivity index (χ1) is 16.6. The summed E-state index contributed by atoms with van der Waals surface area (Å²) >= 11 is 0. The molecule has 1 heterocycles. The Kier molecular flexibility index (Phi) is 6.30. The van der Waals surface area contributed by atoms with E-state index in [1.807, 2.05) is 72.6 Å². The van der Waals surface area contributed by atoms with Crippen LogP contribution in [0.25, 0.3) is 11.1 Å². The number of ether oxygens (including phenoxy) is 1. The molecule has 0 bridgehead atoms. The van der Waals surface area contributed by atoms with Crippen molar-refractivity contribution in [3.05, 3.63) is 71.8 Å². The molecule has 1 amide bonds. The van der Waals surface area contributed by atoms with Crippen LogP contribution in [0.1, 0.15) is 49.7 Å². The monoisotopic (exact) mass is 458 g/mol. The largest absolute Gasteiger partial charge is 0.468 e. The zero-order chi connectivity index (χ0) is 23.7. The van der Waals surface area contributed by atoms with E-state index in [9.17, 15) is 9.59 Å². The molecule has 2 atom stereocenters.